The lowest BCUT2D eigenvalue weighted by Gasteiger charge is -2.13. The topological polar surface area (TPSA) is 80.3 Å². The van der Waals surface area contributed by atoms with Gasteiger partial charge in [0.05, 0.1) is 19.9 Å². The summed E-state index contributed by atoms with van der Waals surface area (Å²) in [5.41, 5.74) is 2.93. The van der Waals surface area contributed by atoms with E-state index in [9.17, 15) is 9.59 Å². The van der Waals surface area contributed by atoms with Gasteiger partial charge in [0.15, 0.2) is 6.61 Å². The molecule has 0 spiro atoms. The largest absolute Gasteiger partial charge is 0.483 e. The lowest BCUT2D eigenvalue weighted by Crippen LogP contribution is -2.30. The number of carbonyl (C=O) groups excluding carboxylic acids is 2. The van der Waals surface area contributed by atoms with Crippen LogP contribution in [0.15, 0.2) is 35.7 Å². The van der Waals surface area contributed by atoms with E-state index in [0.29, 0.717) is 17.0 Å². The van der Waals surface area contributed by atoms with Crippen molar-refractivity contribution in [1.29, 1.82) is 0 Å². The Bertz CT molecular complexity index is 1290. The van der Waals surface area contributed by atoms with Gasteiger partial charge in [-0.1, -0.05) is 6.07 Å². The maximum atomic E-state index is 12.5. The molecule has 0 aliphatic carbocycles. The zero-order chi connectivity index (χ0) is 22.1. The molecule has 6 nitrogen and oxygen atoms in total. The summed E-state index contributed by atoms with van der Waals surface area (Å²) in [5.74, 6) is 0.222. The number of fused-ring (bicyclic) bond motifs is 3. The number of nitrogens with zero attached hydrogens (tertiary/aromatic N) is 1. The molecule has 0 unspecified atom stereocenters. The molecule has 160 valence electrons. The standard InChI is InChI=1S/C23H23N3O3S2/c1-12(2)24-23(28)17-9-15(6-5-13(17)3)26-20(27)11-29-18-10-19-21(25-14(4)31-19)22-16(18)7-8-30-22/h5-10,12H,11H2,1-4H3,(H,24,28)(H,26,27). The number of anilines is 1. The Morgan fingerprint density at radius 2 is 1.97 bits per heavy atom. The van der Waals surface area contributed by atoms with Crippen molar-refractivity contribution in [3.05, 3.63) is 51.8 Å². The van der Waals surface area contributed by atoms with Gasteiger partial charge in [-0.15, -0.1) is 22.7 Å². The second kappa shape index (κ2) is 8.64. The van der Waals surface area contributed by atoms with Gasteiger partial charge in [-0.2, -0.15) is 0 Å². The minimum Gasteiger partial charge on any atom is -0.483 e. The number of carbonyl (C=O) groups is 2. The average Bonchev–Trinajstić information content (AvgIpc) is 3.32. The molecule has 0 aliphatic rings. The first-order valence-corrected chi connectivity index (χ1v) is 11.6. The highest BCUT2D eigenvalue weighted by atomic mass is 32.1. The third-order valence-corrected chi connectivity index (χ3v) is 6.55. The number of aryl methyl sites for hydroxylation is 2. The molecule has 4 aromatic rings. The molecule has 4 rings (SSSR count). The molecule has 0 atom stereocenters. The van der Waals surface area contributed by atoms with Gasteiger partial charge in [-0.05, 0) is 56.8 Å². The number of amides is 2. The fourth-order valence-electron chi connectivity index (χ4n) is 3.33. The van der Waals surface area contributed by atoms with E-state index >= 15 is 0 Å². The second-order valence-electron chi connectivity index (χ2n) is 7.61. The average molecular weight is 454 g/mol. The second-order valence-corrected chi connectivity index (χ2v) is 9.76. The van der Waals surface area contributed by atoms with Gasteiger partial charge in [0.25, 0.3) is 11.8 Å². The predicted octanol–water partition coefficient (Wildman–Crippen LogP) is 5.28. The van der Waals surface area contributed by atoms with Crippen LogP contribution in [0, 0.1) is 13.8 Å². The van der Waals surface area contributed by atoms with Crippen molar-refractivity contribution in [3.63, 3.8) is 0 Å². The van der Waals surface area contributed by atoms with Gasteiger partial charge in [0, 0.05) is 28.7 Å². The first kappa shape index (κ1) is 21.3. The maximum Gasteiger partial charge on any atom is 0.262 e. The Morgan fingerprint density at radius 1 is 1.16 bits per heavy atom. The maximum absolute atomic E-state index is 12.5. The Balaban J connectivity index is 1.48. The van der Waals surface area contributed by atoms with Crippen LogP contribution in [0.3, 0.4) is 0 Å². The number of hydrogen-bond acceptors (Lipinski definition) is 6. The summed E-state index contributed by atoms with van der Waals surface area (Å²) in [6, 6.07) is 9.26. The van der Waals surface area contributed by atoms with Crippen molar-refractivity contribution in [2.75, 3.05) is 11.9 Å². The zero-order valence-electron chi connectivity index (χ0n) is 17.7. The van der Waals surface area contributed by atoms with Crippen molar-refractivity contribution in [2.45, 2.75) is 33.7 Å². The van der Waals surface area contributed by atoms with E-state index in [1.165, 1.54) is 0 Å². The quantitative estimate of drug-likeness (QED) is 0.416. The minimum absolute atomic E-state index is 0.0344. The van der Waals surface area contributed by atoms with Crippen LogP contribution in [-0.2, 0) is 4.79 Å². The van der Waals surface area contributed by atoms with Gasteiger partial charge >= 0.3 is 0 Å². The SMILES string of the molecule is Cc1nc2c(cc(OCC(=O)Nc3ccc(C)c(C(=O)NC(C)C)c3)c3ccsc32)s1. The lowest BCUT2D eigenvalue weighted by atomic mass is 10.1. The van der Waals surface area contributed by atoms with Crippen molar-refractivity contribution in [1.82, 2.24) is 10.3 Å². The fraction of sp³-hybridized carbons (Fsp3) is 0.261. The molecule has 2 aromatic carbocycles. The van der Waals surface area contributed by atoms with E-state index in [1.807, 2.05) is 51.3 Å². The monoisotopic (exact) mass is 453 g/mol. The van der Waals surface area contributed by atoms with Crippen LogP contribution in [0.2, 0.25) is 0 Å². The van der Waals surface area contributed by atoms with Crippen LogP contribution in [0.4, 0.5) is 5.69 Å². The lowest BCUT2D eigenvalue weighted by molar-refractivity contribution is -0.118. The molecule has 0 saturated heterocycles. The van der Waals surface area contributed by atoms with Gasteiger partial charge < -0.3 is 15.4 Å². The number of benzene rings is 2. The van der Waals surface area contributed by atoms with E-state index in [0.717, 1.165) is 30.9 Å². The molecule has 0 aliphatic heterocycles. The number of thiophene rings is 1. The molecule has 2 heterocycles. The normalized spacial score (nSPS) is 11.3. The number of aromatic nitrogens is 1. The third kappa shape index (κ3) is 4.55. The van der Waals surface area contributed by atoms with E-state index in [2.05, 4.69) is 15.6 Å². The molecule has 2 amide bonds. The zero-order valence-corrected chi connectivity index (χ0v) is 19.4. The summed E-state index contributed by atoms with van der Waals surface area (Å²) in [6.45, 7) is 7.54. The van der Waals surface area contributed by atoms with E-state index in [4.69, 9.17) is 4.74 Å². The van der Waals surface area contributed by atoms with Crippen LogP contribution in [0.1, 0.15) is 34.8 Å². The molecule has 2 N–H and O–H groups in total. The van der Waals surface area contributed by atoms with E-state index < -0.39 is 0 Å². The first-order valence-electron chi connectivity index (χ1n) is 9.93. The van der Waals surface area contributed by atoms with Gasteiger partial charge in [0.2, 0.25) is 0 Å². The van der Waals surface area contributed by atoms with Gasteiger partial charge in [0.1, 0.15) is 5.75 Å². The molecule has 0 bridgehead atoms. The number of nitrogens with one attached hydrogen (secondary N) is 2. The van der Waals surface area contributed by atoms with Crippen LogP contribution in [0.25, 0.3) is 20.3 Å². The molecular formula is C23H23N3O3S2. The summed E-state index contributed by atoms with van der Waals surface area (Å²) in [6.07, 6.45) is 0. The minimum atomic E-state index is -0.289. The summed E-state index contributed by atoms with van der Waals surface area (Å²) in [5, 5.41) is 9.65. The third-order valence-electron chi connectivity index (χ3n) is 4.71. The van der Waals surface area contributed by atoms with Crippen LogP contribution in [-0.4, -0.2) is 29.4 Å². The summed E-state index contributed by atoms with van der Waals surface area (Å²) >= 11 is 3.22. The van der Waals surface area contributed by atoms with Crippen molar-refractivity contribution < 1.29 is 14.3 Å². The molecule has 31 heavy (non-hydrogen) atoms. The first-order chi connectivity index (χ1) is 14.8. The molecule has 0 saturated carbocycles. The van der Waals surface area contributed by atoms with Crippen LogP contribution < -0.4 is 15.4 Å². The van der Waals surface area contributed by atoms with E-state index in [1.54, 1.807) is 34.8 Å². The number of rotatable bonds is 6. The number of thiazole rings is 1. The Morgan fingerprint density at radius 3 is 2.74 bits per heavy atom. The molecule has 0 fully saturated rings. The Labute approximate surface area is 188 Å². The molecular weight excluding hydrogens is 430 g/mol. The summed E-state index contributed by atoms with van der Waals surface area (Å²) in [7, 11) is 0. The van der Waals surface area contributed by atoms with Gasteiger partial charge in [-0.25, -0.2) is 4.98 Å². The van der Waals surface area contributed by atoms with Gasteiger partial charge in [-0.3, -0.25) is 9.59 Å². The smallest absolute Gasteiger partial charge is 0.262 e. The predicted molar refractivity (Wildman–Crippen MR) is 128 cm³/mol. The fourth-order valence-corrected chi connectivity index (χ4v) is 5.16. The van der Waals surface area contributed by atoms with Crippen LogP contribution >= 0.6 is 22.7 Å². The van der Waals surface area contributed by atoms with Crippen molar-refractivity contribution in [3.8, 4) is 5.75 Å². The summed E-state index contributed by atoms with van der Waals surface area (Å²) in [4.78, 5) is 29.5. The highest BCUT2D eigenvalue weighted by Crippen LogP contribution is 2.38. The molecule has 0 radical (unpaired) electrons. The summed E-state index contributed by atoms with van der Waals surface area (Å²) < 4.78 is 7.99. The Hall–Kier alpha value is -2.97. The highest BCUT2D eigenvalue weighted by Gasteiger charge is 2.15. The number of ether oxygens (including phenoxy) is 1. The Kier molecular flexibility index (Phi) is 5.93. The van der Waals surface area contributed by atoms with Crippen molar-refractivity contribution >= 4 is 60.5 Å². The van der Waals surface area contributed by atoms with E-state index in [-0.39, 0.29) is 24.5 Å². The van der Waals surface area contributed by atoms with Crippen molar-refractivity contribution in [2.24, 2.45) is 0 Å². The van der Waals surface area contributed by atoms with Crippen LogP contribution in [0.5, 0.6) is 5.75 Å². The highest BCUT2D eigenvalue weighted by molar-refractivity contribution is 7.21. The molecule has 8 heteroatoms. The number of hydrogen-bond donors (Lipinski definition) is 2. The molecule has 2 aromatic heterocycles.